The molecule has 0 aliphatic heterocycles. The van der Waals surface area contributed by atoms with Crippen LogP contribution in [-0.2, 0) is 0 Å². The van der Waals surface area contributed by atoms with Crippen molar-refractivity contribution in [3.05, 3.63) is 47.9 Å². The van der Waals surface area contributed by atoms with Crippen molar-refractivity contribution in [1.29, 1.82) is 0 Å². The van der Waals surface area contributed by atoms with Gasteiger partial charge in [0.25, 0.3) is 0 Å². The third kappa shape index (κ3) is 2.71. The van der Waals surface area contributed by atoms with Gasteiger partial charge in [-0.25, -0.2) is 0 Å². The molecule has 2 rings (SSSR count). The van der Waals surface area contributed by atoms with E-state index in [9.17, 15) is 0 Å². The van der Waals surface area contributed by atoms with Gasteiger partial charge in [-0.2, -0.15) is 0 Å². The van der Waals surface area contributed by atoms with Crippen LogP contribution in [0.4, 0.5) is 0 Å². The highest BCUT2D eigenvalue weighted by molar-refractivity contribution is 5.59. The Kier molecular flexibility index (Phi) is 3.60. The maximum atomic E-state index is 3.57. The number of allylic oxidation sites excluding steroid dienone is 1. The lowest BCUT2D eigenvalue weighted by Crippen LogP contribution is -2.04. The molecule has 0 saturated heterocycles. The number of hydrogen-bond acceptors (Lipinski definition) is 0. The van der Waals surface area contributed by atoms with Crippen molar-refractivity contribution < 1.29 is 0 Å². The van der Waals surface area contributed by atoms with Gasteiger partial charge >= 0.3 is 0 Å². The van der Waals surface area contributed by atoms with E-state index < -0.39 is 0 Å². The van der Waals surface area contributed by atoms with Gasteiger partial charge < -0.3 is 0 Å². The Balaban J connectivity index is 1.94. The fourth-order valence-corrected chi connectivity index (χ4v) is 2.02. The fourth-order valence-electron chi connectivity index (χ4n) is 2.02. The molecule has 2 radical (unpaired) electrons. The quantitative estimate of drug-likeness (QED) is 0.631. The molecule has 1 aromatic carbocycles. The first-order chi connectivity index (χ1) is 7.40. The number of hydrogen-bond donors (Lipinski definition) is 0. The lowest BCUT2D eigenvalue weighted by Gasteiger charge is -2.18. The second-order valence-corrected chi connectivity index (χ2v) is 4.19. The molecular formula is C15H18. The Morgan fingerprint density at radius 1 is 1.20 bits per heavy atom. The molecule has 0 heteroatoms. The van der Waals surface area contributed by atoms with Crippen molar-refractivity contribution in [2.24, 2.45) is 5.92 Å². The highest BCUT2D eigenvalue weighted by Crippen LogP contribution is 2.27. The standard InChI is InChI=1S/C15H18/c1-2-3-4-7-13-10-11-14-8-5-6-9-15(14)12-13/h5-6,8-11,13H,2-4,7H2,1H3. The van der Waals surface area contributed by atoms with Crippen molar-refractivity contribution >= 4 is 6.08 Å². The lowest BCUT2D eigenvalue weighted by molar-refractivity contribution is 0.593. The summed E-state index contributed by atoms with van der Waals surface area (Å²) >= 11 is 0. The first-order valence-electron chi connectivity index (χ1n) is 5.94. The Morgan fingerprint density at radius 2 is 2.07 bits per heavy atom. The van der Waals surface area contributed by atoms with Crippen molar-refractivity contribution in [1.82, 2.24) is 0 Å². The van der Waals surface area contributed by atoms with Crippen molar-refractivity contribution in [2.75, 3.05) is 0 Å². The van der Waals surface area contributed by atoms with Crippen molar-refractivity contribution in [3.8, 4) is 0 Å². The molecule has 1 aliphatic rings. The van der Waals surface area contributed by atoms with Gasteiger partial charge in [-0.05, 0) is 23.5 Å². The molecule has 1 atom stereocenters. The van der Waals surface area contributed by atoms with E-state index >= 15 is 0 Å². The van der Waals surface area contributed by atoms with Crippen LogP contribution in [0.25, 0.3) is 6.08 Å². The van der Waals surface area contributed by atoms with E-state index in [0.717, 1.165) is 0 Å². The molecule has 0 heterocycles. The summed E-state index contributed by atoms with van der Waals surface area (Å²) in [5.74, 6) is 0.534. The minimum absolute atomic E-state index is 0.534. The van der Waals surface area contributed by atoms with Crippen LogP contribution in [-0.4, -0.2) is 0 Å². The van der Waals surface area contributed by atoms with Gasteiger partial charge in [-0.15, -0.1) is 0 Å². The first kappa shape index (κ1) is 10.5. The molecule has 0 saturated carbocycles. The molecule has 1 unspecified atom stereocenters. The fraction of sp³-hybridized carbons (Fsp3) is 0.400. The van der Waals surface area contributed by atoms with Crippen LogP contribution in [0.2, 0.25) is 0 Å². The summed E-state index contributed by atoms with van der Waals surface area (Å²) in [7, 11) is 0. The number of unbranched alkanes of at least 4 members (excludes halogenated alkanes) is 2. The molecule has 0 spiro atoms. The summed E-state index contributed by atoms with van der Waals surface area (Å²) in [6, 6.07) is 8.49. The van der Waals surface area contributed by atoms with E-state index in [1.807, 2.05) is 0 Å². The van der Waals surface area contributed by atoms with Gasteiger partial charge in [0.1, 0.15) is 0 Å². The Hall–Kier alpha value is -1.04. The number of benzene rings is 1. The maximum Gasteiger partial charge on any atom is 0.0245 e. The van der Waals surface area contributed by atoms with Gasteiger partial charge in [0, 0.05) is 6.42 Å². The zero-order chi connectivity index (χ0) is 10.5. The van der Waals surface area contributed by atoms with Crippen LogP contribution in [0.3, 0.4) is 0 Å². The summed E-state index contributed by atoms with van der Waals surface area (Å²) < 4.78 is 0. The van der Waals surface area contributed by atoms with E-state index in [1.54, 1.807) is 0 Å². The summed E-state index contributed by atoms with van der Waals surface area (Å²) in [5.41, 5.74) is 2.59. The molecule has 0 fully saturated rings. The van der Waals surface area contributed by atoms with Gasteiger partial charge in [0.05, 0.1) is 0 Å². The van der Waals surface area contributed by atoms with Crippen LogP contribution < -0.4 is 0 Å². The average molecular weight is 198 g/mol. The second-order valence-electron chi connectivity index (χ2n) is 4.19. The summed E-state index contributed by atoms with van der Waals surface area (Å²) in [6.45, 7) is 2.25. The normalized spacial score (nSPS) is 18.9. The monoisotopic (exact) mass is 198 g/mol. The number of rotatable bonds is 4. The SMILES string of the molecule is CCCCCC1[C]c2ccccc2C=C1. The summed E-state index contributed by atoms with van der Waals surface area (Å²) in [6.07, 6.45) is 13.3. The highest BCUT2D eigenvalue weighted by Gasteiger charge is 2.13. The number of fused-ring (bicyclic) bond motifs is 1. The molecule has 15 heavy (non-hydrogen) atoms. The van der Waals surface area contributed by atoms with Gasteiger partial charge in [-0.3, -0.25) is 0 Å². The molecule has 1 aliphatic carbocycles. The highest BCUT2D eigenvalue weighted by atomic mass is 14.2. The van der Waals surface area contributed by atoms with E-state index in [-0.39, 0.29) is 0 Å². The van der Waals surface area contributed by atoms with Crippen LogP contribution in [0.5, 0.6) is 0 Å². The van der Waals surface area contributed by atoms with E-state index in [4.69, 9.17) is 0 Å². The minimum Gasteiger partial charge on any atom is -0.0799 e. The van der Waals surface area contributed by atoms with E-state index in [1.165, 1.54) is 36.8 Å². The molecule has 0 bridgehead atoms. The lowest BCUT2D eigenvalue weighted by atomic mass is 9.86. The third-order valence-electron chi connectivity index (χ3n) is 2.93. The third-order valence-corrected chi connectivity index (χ3v) is 2.93. The zero-order valence-corrected chi connectivity index (χ0v) is 9.37. The molecule has 0 aromatic heterocycles. The maximum absolute atomic E-state index is 3.57. The van der Waals surface area contributed by atoms with Crippen LogP contribution in [0, 0.1) is 12.3 Å². The van der Waals surface area contributed by atoms with E-state index in [0.29, 0.717) is 5.92 Å². The Morgan fingerprint density at radius 3 is 2.93 bits per heavy atom. The zero-order valence-electron chi connectivity index (χ0n) is 9.37. The summed E-state index contributed by atoms with van der Waals surface area (Å²) in [4.78, 5) is 0. The Labute approximate surface area is 93.0 Å². The molecular weight excluding hydrogens is 180 g/mol. The minimum atomic E-state index is 0.534. The first-order valence-corrected chi connectivity index (χ1v) is 5.94. The average Bonchev–Trinajstić information content (AvgIpc) is 2.29. The summed E-state index contributed by atoms with van der Waals surface area (Å²) in [5, 5.41) is 0. The van der Waals surface area contributed by atoms with Gasteiger partial charge in [0.15, 0.2) is 0 Å². The van der Waals surface area contributed by atoms with Crippen LogP contribution in [0.1, 0.15) is 43.7 Å². The Bertz CT molecular complexity index is 336. The smallest absolute Gasteiger partial charge is 0.0245 e. The van der Waals surface area contributed by atoms with Crippen molar-refractivity contribution in [3.63, 3.8) is 0 Å². The molecule has 1 aromatic rings. The molecule has 0 amide bonds. The van der Waals surface area contributed by atoms with E-state index in [2.05, 4.69) is 49.8 Å². The molecule has 0 N–H and O–H groups in total. The predicted molar refractivity (Wildman–Crippen MR) is 65.5 cm³/mol. The van der Waals surface area contributed by atoms with Gasteiger partial charge in [0.2, 0.25) is 0 Å². The van der Waals surface area contributed by atoms with Crippen LogP contribution in [0.15, 0.2) is 30.3 Å². The largest absolute Gasteiger partial charge is 0.0799 e. The molecule has 0 nitrogen and oxygen atoms in total. The van der Waals surface area contributed by atoms with Crippen LogP contribution >= 0.6 is 0 Å². The second kappa shape index (κ2) is 5.16. The van der Waals surface area contributed by atoms with Crippen molar-refractivity contribution in [2.45, 2.75) is 32.6 Å². The topological polar surface area (TPSA) is 0 Å². The van der Waals surface area contributed by atoms with Gasteiger partial charge in [-0.1, -0.05) is 62.6 Å². The molecule has 78 valence electrons. The predicted octanol–water partition coefficient (Wildman–Crippen LogP) is 4.34.